The van der Waals surface area contributed by atoms with Crippen molar-refractivity contribution in [3.8, 4) is 0 Å². The first-order valence-electron chi connectivity index (χ1n) is 3.76. The minimum atomic E-state index is 0.799. The van der Waals surface area contributed by atoms with E-state index >= 15 is 0 Å². The molecule has 1 aromatic carbocycles. The molecule has 64 valence electrons. The number of halogens is 1. The summed E-state index contributed by atoms with van der Waals surface area (Å²) in [6, 6.07) is 7.95. The van der Waals surface area contributed by atoms with Crippen molar-refractivity contribution in [3.05, 3.63) is 47.5 Å². The van der Waals surface area contributed by atoms with Gasteiger partial charge in [-0.15, -0.1) is 6.58 Å². The second-order valence-corrected chi connectivity index (χ2v) is 3.90. The average Bonchev–Trinajstić information content (AvgIpc) is 2.09. The van der Waals surface area contributed by atoms with Gasteiger partial charge >= 0.3 is 0 Å². The fraction of sp³-hybridized carbons (Fsp3) is 0.200. The number of benzene rings is 1. The van der Waals surface area contributed by atoms with Crippen LogP contribution in [-0.2, 0) is 5.75 Å². The molecule has 0 atom stereocenters. The Bertz CT molecular complexity index is 241. The SMILES string of the molecule is C=CCSCc1ccc(Cl)cc1. The highest BCUT2D eigenvalue weighted by atomic mass is 35.5. The standard InChI is InChI=1S/C10H11ClS/c1-2-7-12-8-9-3-5-10(11)6-4-9/h2-6H,1,7-8H2. The first-order valence-corrected chi connectivity index (χ1v) is 5.29. The summed E-state index contributed by atoms with van der Waals surface area (Å²) in [4.78, 5) is 0. The molecule has 0 aliphatic carbocycles. The quantitative estimate of drug-likeness (QED) is 0.525. The van der Waals surface area contributed by atoms with Crippen LogP contribution in [-0.4, -0.2) is 5.75 Å². The minimum Gasteiger partial charge on any atom is -0.153 e. The lowest BCUT2D eigenvalue weighted by atomic mass is 10.2. The second kappa shape index (κ2) is 5.28. The second-order valence-electron chi connectivity index (χ2n) is 2.43. The molecule has 0 nitrogen and oxygen atoms in total. The van der Waals surface area contributed by atoms with Gasteiger partial charge in [0.2, 0.25) is 0 Å². The van der Waals surface area contributed by atoms with Crippen LogP contribution < -0.4 is 0 Å². The Balaban J connectivity index is 2.42. The molecule has 0 spiro atoms. The van der Waals surface area contributed by atoms with Gasteiger partial charge in [-0.25, -0.2) is 0 Å². The van der Waals surface area contributed by atoms with Crippen LogP contribution in [0.1, 0.15) is 5.56 Å². The topological polar surface area (TPSA) is 0 Å². The van der Waals surface area contributed by atoms with E-state index in [1.165, 1.54) is 5.56 Å². The summed E-state index contributed by atoms with van der Waals surface area (Å²) in [6.07, 6.45) is 1.92. The molecule has 0 aliphatic heterocycles. The van der Waals surface area contributed by atoms with Crippen molar-refractivity contribution in [1.82, 2.24) is 0 Å². The van der Waals surface area contributed by atoms with Crippen LogP contribution in [0, 0.1) is 0 Å². The fourth-order valence-corrected chi connectivity index (χ4v) is 1.68. The van der Waals surface area contributed by atoms with Gasteiger partial charge in [-0.05, 0) is 17.7 Å². The van der Waals surface area contributed by atoms with Crippen LogP contribution >= 0.6 is 23.4 Å². The van der Waals surface area contributed by atoms with Gasteiger partial charge in [0.1, 0.15) is 0 Å². The lowest BCUT2D eigenvalue weighted by molar-refractivity contribution is 1.41. The Kier molecular flexibility index (Phi) is 4.26. The largest absolute Gasteiger partial charge is 0.153 e. The normalized spacial score (nSPS) is 9.75. The highest BCUT2D eigenvalue weighted by Crippen LogP contribution is 2.15. The summed E-state index contributed by atoms with van der Waals surface area (Å²) in [5.74, 6) is 2.03. The van der Waals surface area contributed by atoms with Crippen LogP contribution in [0.15, 0.2) is 36.9 Å². The number of hydrogen-bond donors (Lipinski definition) is 0. The van der Waals surface area contributed by atoms with Crippen molar-refractivity contribution < 1.29 is 0 Å². The van der Waals surface area contributed by atoms with Crippen molar-refractivity contribution >= 4 is 23.4 Å². The Morgan fingerprint density at radius 1 is 1.33 bits per heavy atom. The summed E-state index contributed by atoms with van der Waals surface area (Å²) in [7, 11) is 0. The fourth-order valence-electron chi connectivity index (χ4n) is 0.841. The van der Waals surface area contributed by atoms with E-state index in [1.807, 2.05) is 30.0 Å². The lowest BCUT2D eigenvalue weighted by Gasteiger charge is -1.98. The van der Waals surface area contributed by atoms with Crippen molar-refractivity contribution in [2.24, 2.45) is 0 Å². The summed E-state index contributed by atoms with van der Waals surface area (Å²) < 4.78 is 0. The summed E-state index contributed by atoms with van der Waals surface area (Å²) >= 11 is 7.60. The Hall–Kier alpha value is -0.400. The van der Waals surface area contributed by atoms with E-state index in [2.05, 4.69) is 18.7 Å². The van der Waals surface area contributed by atoms with Gasteiger partial charge in [0.25, 0.3) is 0 Å². The molecular weight excluding hydrogens is 188 g/mol. The van der Waals surface area contributed by atoms with Crippen molar-refractivity contribution in [3.63, 3.8) is 0 Å². The number of thioether (sulfide) groups is 1. The first kappa shape index (κ1) is 9.69. The molecule has 0 saturated carbocycles. The van der Waals surface area contributed by atoms with Gasteiger partial charge in [-0.2, -0.15) is 11.8 Å². The molecule has 2 heteroatoms. The third-order valence-electron chi connectivity index (χ3n) is 1.42. The van der Waals surface area contributed by atoms with E-state index in [4.69, 9.17) is 11.6 Å². The zero-order chi connectivity index (χ0) is 8.81. The van der Waals surface area contributed by atoms with Crippen LogP contribution in [0.4, 0.5) is 0 Å². The van der Waals surface area contributed by atoms with Gasteiger partial charge in [-0.3, -0.25) is 0 Å². The highest BCUT2D eigenvalue weighted by molar-refractivity contribution is 7.98. The van der Waals surface area contributed by atoms with E-state index in [0.29, 0.717) is 0 Å². The molecule has 0 fully saturated rings. The maximum absolute atomic E-state index is 5.75. The first-order chi connectivity index (χ1) is 5.83. The van der Waals surface area contributed by atoms with E-state index < -0.39 is 0 Å². The zero-order valence-electron chi connectivity index (χ0n) is 6.79. The lowest BCUT2D eigenvalue weighted by Crippen LogP contribution is -1.79. The highest BCUT2D eigenvalue weighted by Gasteiger charge is 1.91. The summed E-state index contributed by atoms with van der Waals surface area (Å²) in [6.45, 7) is 3.66. The van der Waals surface area contributed by atoms with Crippen molar-refractivity contribution in [2.45, 2.75) is 5.75 Å². The molecule has 0 amide bonds. The molecule has 0 aliphatic rings. The molecule has 0 saturated heterocycles. The monoisotopic (exact) mass is 198 g/mol. The maximum Gasteiger partial charge on any atom is 0.0406 e. The average molecular weight is 199 g/mol. The molecular formula is C10H11ClS. The van der Waals surface area contributed by atoms with Gasteiger partial charge in [0, 0.05) is 16.5 Å². The van der Waals surface area contributed by atoms with Gasteiger partial charge in [0.15, 0.2) is 0 Å². The third kappa shape index (κ3) is 3.33. The van der Waals surface area contributed by atoms with Gasteiger partial charge in [-0.1, -0.05) is 29.8 Å². The minimum absolute atomic E-state index is 0.799. The summed E-state index contributed by atoms with van der Waals surface area (Å²) in [5.41, 5.74) is 1.31. The van der Waals surface area contributed by atoms with Crippen LogP contribution in [0.2, 0.25) is 5.02 Å². The maximum atomic E-state index is 5.75. The molecule has 0 bridgehead atoms. The summed E-state index contributed by atoms with van der Waals surface area (Å²) in [5, 5.41) is 0.799. The zero-order valence-corrected chi connectivity index (χ0v) is 8.37. The molecule has 0 aromatic heterocycles. The molecule has 0 radical (unpaired) electrons. The Morgan fingerprint density at radius 3 is 2.58 bits per heavy atom. The van der Waals surface area contributed by atoms with Gasteiger partial charge in [0.05, 0.1) is 0 Å². The van der Waals surface area contributed by atoms with E-state index in [9.17, 15) is 0 Å². The predicted molar refractivity (Wildman–Crippen MR) is 57.8 cm³/mol. The molecule has 12 heavy (non-hydrogen) atoms. The van der Waals surface area contributed by atoms with E-state index in [0.717, 1.165) is 16.5 Å². The van der Waals surface area contributed by atoms with Crippen LogP contribution in [0.3, 0.4) is 0 Å². The third-order valence-corrected chi connectivity index (χ3v) is 2.68. The van der Waals surface area contributed by atoms with Crippen LogP contribution in [0.25, 0.3) is 0 Å². The molecule has 0 unspecified atom stereocenters. The van der Waals surface area contributed by atoms with Crippen molar-refractivity contribution in [2.75, 3.05) is 5.75 Å². The predicted octanol–water partition coefficient (Wildman–Crippen LogP) is 3.76. The number of rotatable bonds is 4. The van der Waals surface area contributed by atoms with Crippen LogP contribution in [0.5, 0.6) is 0 Å². The molecule has 0 heterocycles. The molecule has 1 rings (SSSR count). The number of hydrogen-bond acceptors (Lipinski definition) is 1. The molecule has 1 aromatic rings. The smallest absolute Gasteiger partial charge is 0.0406 e. The molecule has 0 N–H and O–H groups in total. The van der Waals surface area contributed by atoms with E-state index in [1.54, 1.807) is 0 Å². The van der Waals surface area contributed by atoms with Gasteiger partial charge < -0.3 is 0 Å². The Labute approximate surface area is 82.6 Å². The van der Waals surface area contributed by atoms with E-state index in [-0.39, 0.29) is 0 Å². The Morgan fingerprint density at radius 2 is 2.00 bits per heavy atom. The van der Waals surface area contributed by atoms with Crippen molar-refractivity contribution in [1.29, 1.82) is 0 Å².